The number of nitrogens with one attached hydrogen (secondary N) is 1. The summed E-state index contributed by atoms with van der Waals surface area (Å²) in [6.07, 6.45) is 3.92. The first kappa shape index (κ1) is 22.3. The lowest BCUT2D eigenvalue weighted by atomic mass is 9.89. The van der Waals surface area contributed by atoms with Crippen molar-refractivity contribution in [1.29, 1.82) is 0 Å². The second-order valence-corrected chi connectivity index (χ2v) is 8.79. The summed E-state index contributed by atoms with van der Waals surface area (Å²) in [6.45, 7) is 6.42. The molecule has 0 unspecified atom stereocenters. The molecular weight excluding hydrogens is 410 g/mol. The summed E-state index contributed by atoms with van der Waals surface area (Å²) in [7, 11) is 2.10. The Morgan fingerprint density at radius 3 is 2.45 bits per heavy atom. The van der Waals surface area contributed by atoms with Gasteiger partial charge in [-0.15, -0.1) is 0 Å². The lowest BCUT2D eigenvalue weighted by Gasteiger charge is -2.40. The van der Waals surface area contributed by atoms with Crippen LogP contribution in [0.2, 0.25) is 0 Å². The molecule has 1 aliphatic rings. The molecule has 33 heavy (non-hydrogen) atoms. The molecule has 0 saturated heterocycles. The fourth-order valence-electron chi connectivity index (χ4n) is 3.99. The van der Waals surface area contributed by atoms with E-state index in [4.69, 9.17) is 4.74 Å². The van der Waals surface area contributed by atoms with Crippen LogP contribution >= 0.6 is 0 Å². The van der Waals surface area contributed by atoms with Gasteiger partial charge in [0.15, 0.2) is 6.61 Å². The molecule has 3 aromatic rings. The first-order valence-electron chi connectivity index (χ1n) is 11.0. The third-order valence-corrected chi connectivity index (χ3v) is 5.98. The van der Waals surface area contributed by atoms with Crippen LogP contribution in [0, 0.1) is 0 Å². The van der Waals surface area contributed by atoms with Crippen molar-refractivity contribution in [2.24, 2.45) is 5.10 Å². The molecular formula is C28H29N3O2. The normalized spacial score (nSPS) is 14.5. The standard InChI is InChI=1S/C28H29N3O2/c1-20-17-28(2,3)31(4)26-15-10-21(16-25(20)26)18-29-30-27(32)19-33-24-13-11-23(12-14-24)22-8-6-5-7-9-22/h5-18H,19H2,1-4H3,(H,30,32)/b29-18+. The number of amides is 1. The summed E-state index contributed by atoms with van der Waals surface area (Å²) in [5.74, 6) is 0.326. The van der Waals surface area contributed by atoms with Crippen molar-refractivity contribution in [3.63, 3.8) is 0 Å². The second-order valence-electron chi connectivity index (χ2n) is 8.79. The van der Waals surface area contributed by atoms with Crippen LogP contribution < -0.4 is 15.1 Å². The van der Waals surface area contributed by atoms with Gasteiger partial charge in [-0.1, -0.05) is 54.6 Å². The van der Waals surface area contributed by atoms with Crippen LogP contribution in [0.3, 0.4) is 0 Å². The molecule has 0 bridgehead atoms. The number of hydrogen-bond acceptors (Lipinski definition) is 4. The summed E-state index contributed by atoms with van der Waals surface area (Å²) < 4.78 is 5.58. The fraction of sp³-hybridized carbons (Fsp3) is 0.214. The number of carbonyl (C=O) groups is 1. The Morgan fingerprint density at radius 2 is 1.73 bits per heavy atom. The molecule has 4 rings (SSSR count). The molecule has 5 nitrogen and oxygen atoms in total. The van der Waals surface area contributed by atoms with E-state index in [1.54, 1.807) is 6.21 Å². The number of likely N-dealkylation sites (N-methyl/N-ethyl adjacent to an activating group) is 1. The van der Waals surface area contributed by atoms with Crippen molar-refractivity contribution in [2.45, 2.75) is 26.3 Å². The Bertz CT molecular complexity index is 1200. The topological polar surface area (TPSA) is 53.9 Å². The number of ether oxygens (including phenoxy) is 1. The number of nitrogens with zero attached hydrogens (tertiary/aromatic N) is 2. The molecule has 1 amide bonds. The highest BCUT2D eigenvalue weighted by Crippen LogP contribution is 2.37. The molecule has 5 heteroatoms. The Hall–Kier alpha value is -3.86. The van der Waals surface area contributed by atoms with Crippen LogP contribution in [0.4, 0.5) is 5.69 Å². The first-order chi connectivity index (χ1) is 15.8. The van der Waals surface area contributed by atoms with Crippen molar-refractivity contribution in [2.75, 3.05) is 18.6 Å². The second kappa shape index (κ2) is 9.33. The van der Waals surface area contributed by atoms with E-state index in [0.717, 1.165) is 16.7 Å². The van der Waals surface area contributed by atoms with E-state index in [-0.39, 0.29) is 18.1 Å². The smallest absolute Gasteiger partial charge is 0.277 e. The summed E-state index contributed by atoms with van der Waals surface area (Å²) in [4.78, 5) is 14.4. The van der Waals surface area contributed by atoms with E-state index in [2.05, 4.69) is 73.6 Å². The van der Waals surface area contributed by atoms with Crippen LogP contribution in [-0.4, -0.2) is 31.3 Å². The van der Waals surface area contributed by atoms with Crippen molar-refractivity contribution >= 4 is 23.4 Å². The van der Waals surface area contributed by atoms with E-state index in [9.17, 15) is 4.79 Å². The summed E-state index contributed by atoms with van der Waals surface area (Å²) >= 11 is 0. The maximum Gasteiger partial charge on any atom is 0.277 e. The van der Waals surface area contributed by atoms with Gasteiger partial charge < -0.3 is 9.64 Å². The predicted octanol–water partition coefficient (Wildman–Crippen LogP) is 5.51. The number of benzene rings is 3. The van der Waals surface area contributed by atoms with Gasteiger partial charge in [-0.05, 0) is 67.3 Å². The first-order valence-corrected chi connectivity index (χ1v) is 11.0. The Morgan fingerprint density at radius 1 is 1.03 bits per heavy atom. The third-order valence-electron chi connectivity index (χ3n) is 5.98. The SMILES string of the molecule is CC1=CC(C)(C)N(C)c2ccc(/C=N/NC(=O)COc3ccc(-c4ccccc4)cc3)cc21. The molecule has 0 fully saturated rings. The molecule has 0 aliphatic carbocycles. The number of hydrogen-bond donors (Lipinski definition) is 1. The van der Waals surface area contributed by atoms with E-state index in [1.807, 2.05) is 48.5 Å². The minimum absolute atomic E-state index is 0.0253. The molecule has 0 saturated carbocycles. The Labute approximate surface area is 195 Å². The molecule has 0 aromatic heterocycles. The fourth-order valence-corrected chi connectivity index (χ4v) is 3.99. The molecule has 0 spiro atoms. The average Bonchev–Trinajstić information content (AvgIpc) is 2.82. The van der Waals surface area contributed by atoms with Crippen molar-refractivity contribution < 1.29 is 9.53 Å². The lowest BCUT2D eigenvalue weighted by Crippen LogP contribution is -2.42. The molecule has 1 aliphatic heterocycles. The van der Waals surface area contributed by atoms with Gasteiger partial charge >= 0.3 is 0 Å². The van der Waals surface area contributed by atoms with Crippen molar-refractivity contribution in [3.05, 3.63) is 90.0 Å². The van der Waals surface area contributed by atoms with Gasteiger partial charge in [0.2, 0.25) is 0 Å². The number of anilines is 1. The van der Waals surface area contributed by atoms with E-state index in [0.29, 0.717) is 5.75 Å². The molecule has 168 valence electrons. The molecule has 0 atom stereocenters. The summed E-state index contributed by atoms with van der Waals surface area (Å²) in [5, 5.41) is 4.09. The summed E-state index contributed by atoms with van der Waals surface area (Å²) in [6, 6.07) is 24.0. The predicted molar refractivity (Wildman–Crippen MR) is 136 cm³/mol. The van der Waals surface area contributed by atoms with E-state index < -0.39 is 0 Å². The van der Waals surface area contributed by atoms with Gasteiger partial charge in [0, 0.05) is 18.3 Å². The average molecular weight is 440 g/mol. The van der Waals surface area contributed by atoms with Crippen molar-refractivity contribution in [3.8, 4) is 16.9 Å². The van der Waals surface area contributed by atoms with Gasteiger partial charge in [-0.25, -0.2) is 5.43 Å². The maximum atomic E-state index is 12.1. The highest BCUT2D eigenvalue weighted by molar-refractivity contribution is 5.88. The van der Waals surface area contributed by atoms with Crippen LogP contribution in [0.1, 0.15) is 31.9 Å². The van der Waals surface area contributed by atoms with Gasteiger partial charge in [0.25, 0.3) is 5.91 Å². The monoisotopic (exact) mass is 439 g/mol. The van der Waals surface area contributed by atoms with Crippen LogP contribution in [0.5, 0.6) is 5.75 Å². The zero-order chi connectivity index (χ0) is 23.4. The van der Waals surface area contributed by atoms with Gasteiger partial charge in [-0.3, -0.25) is 4.79 Å². The number of carbonyl (C=O) groups excluding carboxylic acids is 1. The lowest BCUT2D eigenvalue weighted by molar-refractivity contribution is -0.123. The minimum Gasteiger partial charge on any atom is -0.484 e. The highest BCUT2D eigenvalue weighted by atomic mass is 16.5. The third kappa shape index (κ3) is 5.14. The van der Waals surface area contributed by atoms with Gasteiger partial charge in [0.05, 0.1) is 11.8 Å². The van der Waals surface area contributed by atoms with Crippen LogP contribution in [-0.2, 0) is 4.79 Å². The zero-order valence-corrected chi connectivity index (χ0v) is 19.5. The quantitative estimate of drug-likeness (QED) is 0.407. The van der Waals surface area contributed by atoms with Gasteiger partial charge in [0.1, 0.15) is 5.75 Å². The van der Waals surface area contributed by atoms with E-state index in [1.165, 1.54) is 16.8 Å². The molecule has 0 radical (unpaired) electrons. The van der Waals surface area contributed by atoms with Crippen LogP contribution in [0.15, 0.2) is 84.0 Å². The zero-order valence-electron chi connectivity index (χ0n) is 19.5. The minimum atomic E-state index is -0.311. The number of fused-ring (bicyclic) bond motifs is 1. The Balaban J connectivity index is 1.31. The Kier molecular flexibility index (Phi) is 6.31. The number of allylic oxidation sites excluding steroid dienone is 1. The molecule has 3 aromatic carbocycles. The highest BCUT2D eigenvalue weighted by Gasteiger charge is 2.28. The summed E-state index contributed by atoms with van der Waals surface area (Å²) in [5.41, 5.74) is 9.27. The molecule has 1 heterocycles. The van der Waals surface area contributed by atoms with Crippen LogP contribution in [0.25, 0.3) is 16.7 Å². The van der Waals surface area contributed by atoms with E-state index >= 15 is 0 Å². The van der Waals surface area contributed by atoms with Gasteiger partial charge in [-0.2, -0.15) is 5.10 Å². The maximum absolute atomic E-state index is 12.1. The number of hydrazone groups is 1. The van der Waals surface area contributed by atoms with Crippen molar-refractivity contribution in [1.82, 2.24) is 5.43 Å². The number of rotatable bonds is 6. The molecule has 1 N–H and O–H groups in total. The largest absolute Gasteiger partial charge is 0.484 e.